The third-order valence-electron chi connectivity index (χ3n) is 5.37. The second-order valence-corrected chi connectivity index (χ2v) is 7.68. The van der Waals surface area contributed by atoms with E-state index in [0.29, 0.717) is 0 Å². The van der Waals surface area contributed by atoms with Crippen molar-refractivity contribution in [2.45, 2.75) is 58.5 Å². The molecule has 24 heavy (non-hydrogen) atoms. The molecule has 1 aliphatic heterocycles. The number of amides is 2. The van der Waals surface area contributed by atoms with E-state index in [-0.39, 0.29) is 18.1 Å². The van der Waals surface area contributed by atoms with Gasteiger partial charge in [-0.15, -0.1) is 0 Å². The number of carbonyl (C=O) groups is 1. The molecular formula is C18H31N5O. The van der Waals surface area contributed by atoms with Crippen LogP contribution in [0.2, 0.25) is 0 Å². The zero-order valence-electron chi connectivity index (χ0n) is 15.4. The van der Waals surface area contributed by atoms with Gasteiger partial charge in [0.15, 0.2) is 0 Å². The predicted molar refractivity (Wildman–Crippen MR) is 95.1 cm³/mol. The van der Waals surface area contributed by atoms with Crippen LogP contribution in [-0.4, -0.2) is 52.4 Å². The van der Waals surface area contributed by atoms with Crippen molar-refractivity contribution < 1.29 is 4.79 Å². The number of aryl methyl sites for hydroxylation is 2. The highest BCUT2D eigenvalue weighted by molar-refractivity contribution is 5.74. The lowest BCUT2D eigenvalue weighted by atomic mass is 10.1. The van der Waals surface area contributed by atoms with Gasteiger partial charge in [0.1, 0.15) is 0 Å². The van der Waals surface area contributed by atoms with E-state index in [1.807, 2.05) is 18.7 Å². The molecule has 0 aromatic carbocycles. The third-order valence-corrected chi connectivity index (χ3v) is 5.37. The second-order valence-electron chi connectivity index (χ2n) is 7.68. The fourth-order valence-corrected chi connectivity index (χ4v) is 3.70. The molecule has 6 nitrogen and oxygen atoms in total. The molecule has 3 rings (SSSR count). The maximum atomic E-state index is 12.3. The molecule has 134 valence electrons. The molecule has 0 spiro atoms. The summed E-state index contributed by atoms with van der Waals surface area (Å²) in [4.78, 5) is 14.7. The Morgan fingerprint density at radius 3 is 2.71 bits per heavy atom. The summed E-state index contributed by atoms with van der Waals surface area (Å²) in [7, 11) is 1.96. The Balaban J connectivity index is 1.42. The fourth-order valence-electron chi connectivity index (χ4n) is 3.70. The molecule has 1 saturated heterocycles. The van der Waals surface area contributed by atoms with Gasteiger partial charge in [0.25, 0.3) is 0 Å². The Hall–Kier alpha value is -1.56. The van der Waals surface area contributed by atoms with E-state index < -0.39 is 0 Å². The fraction of sp³-hybridized carbons (Fsp3) is 0.778. The Morgan fingerprint density at radius 2 is 2.08 bits per heavy atom. The number of urea groups is 1. The zero-order chi connectivity index (χ0) is 17.3. The van der Waals surface area contributed by atoms with Crippen molar-refractivity contribution in [3.05, 3.63) is 17.0 Å². The first-order valence-electron chi connectivity index (χ1n) is 9.20. The van der Waals surface area contributed by atoms with Crippen LogP contribution in [0.5, 0.6) is 0 Å². The van der Waals surface area contributed by atoms with Crippen LogP contribution in [0.1, 0.15) is 43.1 Å². The maximum absolute atomic E-state index is 12.3. The molecule has 0 bridgehead atoms. The van der Waals surface area contributed by atoms with Crippen molar-refractivity contribution in [2.75, 3.05) is 19.6 Å². The molecule has 2 heterocycles. The summed E-state index contributed by atoms with van der Waals surface area (Å²) in [5.74, 6) is 0.920. The van der Waals surface area contributed by atoms with Crippen molar-refractivity contribution in [3.63, 3.8) is 0 Å². The first kappa shape index (κ1) is 17.3. The molecule has 2 aliphatic rings. The molecule has 1 aromatic heterocycles. The highest BCUT2D eigenvalue weighted by Crippen LogP contribution is 2.30. The summed E-state index contributed by atoms with van der Waals surface area (Å²) in [6.07, 6.45) is 4.66. The monoisotopic (exact) mass is 333 g/mol. The molecule has 0 unspecified atom stereocenters. The quantitative estimate of drug-likeness (QED) is 0.834. The molecular weight excluding hydrogens is 302 g/mol. The summed E-state index contributed by atoms with van der Waals surface area (Å²) in [6.45, 7) is 9.50. The van der Waals surface area contributed by atoms with Gasteiger partial charge < -0.3 is 15.5 Å². The molecule has 6 heteroatoms. The van der Waals surface area contributed by atoms with Gasteiger partial charge in [0.2, 0.25) is 0 Å². The lowest BCUT2D eigenvalue weighted by Crippen LogP contribution is -2.47. The molecule has 1 aliphatic carbocycles. The average Bonchev–Trinajstić information content (AvgIpc) is 3.16. The Labute approximate surface area is 145 Å². The van der Waals surface area contributed by atoms with Crippen LogP contribution < -0.4 is 10.6 Å². The van der Waals surface area contributed by atoms with Gasteiger partial charge >= 0.3 is 6.03 Å². The minimum absolute atomic E-state index is 0.0417. The van der Waals surface area contributed by atoms with E-state index in [9.17, 15) is 4.79 Å². The molecule has 2 atom stereocenters. The van der Waals surface area contributed by atoms with Gasteiger partial charge in [-0.25, -0.2) is 4.79 Å². The topological polar surface area (TPSA) is 62.2 Å². The normalized spacial score (nSPS) is 22.6. The van der Waals surface area contributed by atoms with Crippen molar-refractivity contribution in [1.82, 2.24) is 25.3 Å². The average molecular weight is 333 g/mol. The van der Waals surface area contributed by atoms with Crippen molar-refractivity contribution >= 4 is 6.03 Å². The Kier molecular flexibility index (Phi) is 5.13. The number of likely N-dealkylation sites (tertiary alicyclic amines) is 1. The van der Waals surface area contributed by atoms with Gasteiger partial charge in [-0.05, 0) is 57.9 Å². The number of carbonyl (C=O) groups excluding carboxylic acids is 1. The summed E-state index contributed by atoms with van der Waals surface area (Å²) in [5, 5.41) is 10.7. The van der Waals surface area contributed by atoms with E-state index in [1.54, 1.807) is 0 Å². The number of rotatable bonds is 6. The van der Waals surface area contributed by atoms with Crippen LogP contribution in [0.4, 0.5) is 4.79 Å². The van der Waals surface area contributed by atoms with Crippen LogP contribution in [0.15, 0.2) is 0 Å². The largest absolute Gasteiger partial charge is 0.335 e. The van der Waals surface area contributed by atoms with Crippen molar-refractivity contribution in [1.29, 1.82) is 0 Å². The minimum Gasteiger partial charge on any atom is -0.335 e. The van der Waals surface area contributed by atoms with Gasteiger partial charge in [0, 0.05) is 44.5 Å². The standard InChI is InChI=1S/C18H31N5O/c1-12(9-17-13(2)21-22(4)14(17)3)19-18(24)20-16-7-8-23(11-16)10-15-5-6-15/h12,15-16H,5-11H2,1-4H3,(H2,19,20,24)/t12-,16-/m0/s1. The minimum atomic E-state index is -0.0417. The van der Waals surface area contributed by atoms with E-state index >= 15 is 0 Å². The number of nitrogens with zero attached hydrogens (tertiary/aromatic N) is 3. The molecule has 2 N–H and O–H groups in total. The van der Waals surface area contributed by atoms with E-state index in [2.05, 4.69) is 34.5 Å². The second kappa shape index (κ2) is 7.13. The first-order chi connectivity index (χ1) is 11.4. The van der Waals surface area contributed by atoms with Crippen LogP contribution in [-0.2, 0) is 13.5 Å². The van der Waals surface area contributed by atoms with Crippen molar-refractivity contribution in [2.24, 2.45) is 13.0 Å². The van der Waals surface area contributed by atoms with Crippen LogP contribution in [0, 0.1) is 19.8 Å². The Bertz CT molecular complexity index is 592. The number of aromatic nitrogens is 2. The van der Waals surface area contributed by atoms with Crippen LogP contribution >= 0.6 is 0 Å². The third kappa shape index (κ3) is 4.29. The molecule has 2 amide bonds. The summed E-state index contributed by atoms with van der Waals surface area (Å²) in [5.41, 5.74) is 3.46. The highest BCUT2D eigenvalue weighted by Gasteiger charge is 2.29. The smallest absolute Gasteiger partial charge is 0.315 e. The highest BCUT2D eigenvalue weighted by atomic mass is 16.2. The van der Waals surface area contributed by atoms with Gasteiger partial charge in [-0.1, -0.05) is 0 Å². The van der Waals surface area contributed by atoms with Gasteiger partial charge in [0.05, 0.1) is 5.69 Å². The van der Waals surface area contributed by atoms with Gasteiger partial charge in [-0.2, -0.15) is 5.10 Å². The Morgan fingerprint density at radius 1 is 1.33 bits per heavy atom. The summed E-state index contributed by atoms with van der Waals surface area (Å²) in [6, 6.07) is 0.341. The van der Waals surface area contributed by atoms with E-state index in [1.165, 1.54) is 30.6 Å². The zero-order valence-corrected chi connectivity index (χ0v) is 15.4. The maximum Gasteiger partial charge on any atom is 0.315 e. The molecule has 1 saturated carbocycles. The van der Waals surface area contributed by atoms with E-state index in [4.69, 9.17) is 0 Å². The molecule has 1 aromatic rings. The van der Waals surface area contributed by atoms with Gasteiger partial charge in [-0.3, -0.25) is 4.68 Å². The number of hydrogen-bond donors (Lipinski definition) is 2. The summed E-state index contributed by atoms with van der Waals surface area (Å²) < 4.78 is 1.91. The summed E-state index contributed by atoms with van der Waals surface area (Å²) >= 11 is 0. The predicted octanol–water partition coefficient (Wildman–Crippen LogP) is 1.75. The SMILES string of the molecule is Cc1nn(C)c(C)c1C[C@H](C)NC(=O)N[C@H]1CCN(CC2CC2)C1. The van der Waals surface area contributed by atoms with E-state index in [0.717, 1.165) is 37.5 Å². The van der Waals surface area contributed by atoms with Crippen LogP contribution in [0.3, 0.4) is 0 Å². The molecule has 2 fully saturated rings. The number of nitrogens with one attached hydrogen (secondary N) is 2. The first-order valence-corrected chi connectivity index (χ1v) is 9.20. The lowest BCUT2D eigenvalue weighted by Gasteiger charge is -2.19. The van der Waals surface area contributed by atoms with Crippen molar-refractivity contribution in [3.8, 4) is 0 Å². The van der Waals surface area contributed by atoms with Crippen LogP contribution in [0.25, 0.3) is 0 Å². The lowest BCUT2D eigenvalue weighted by molar-refractivity contribution is 0.233. The molecule has 0 radical (unpaired) electrons. The number of hydrogen-bond acceptors (Lipinski definition) is 3.